The minimum Gasteiger partial charge on any atom is -0.492 e. The molecular formula is C18H30N2O. The molecule has 2 N–H and O–H groups in total. The maximum Gasteiger partial charge on any atom is 0.142 e. The quantitative estimate of drug-likeness (QED) is 0.775. The topological polar surface area (TPSA) is 38.5 Å². The number of nitrogens with two attached hydrogens (primary N) is 1. The molecule has 0 bridgehead atoms. The number of hydrogen-bond acceptors (Lipinski definition) is 3. The molecule has 118 valence electrons. The second-order valence-corrected chi connectivity index (χ2v) is 6.00. The molecule has 1 fully saturated rings. The predicted octanol–water partition coefficient (Wildman–Crippen LogP) is 3.86. The van der Waals surface area contributed by atoms with Crippen molar-refractivity contribution in [2.45, 2.75) is 58.4 Å². The van der Waals surface area contributed by atoms with Crippen molar-refractivity contribution in [3.8, 4) is 5.75 Å². The molecule has 21 heavy (non-hydrogen) atoms. The third-order valence-electron chi connectivity index (χ3n) is 4.51. The second-order valence-electron chi connectivity index (χ2n) is 6.00. The summed E-state index contributed by atoms with van der Waals surface area (Å²) >= 11 is 0. The summed E-state index contributed by atoms with van der Waals surface area (Å²) in [7, 11) is 0. The lowest BCUT2D eigenvalue weighted by atomic mass is 9.99. The molecule has 1 unspecified atom stereocenters. The van der Waals surface area contributed by atoms with Crippen molar-refractivity contribution in [2.24, 2.45) is 0 Å². The molecular weight excluding hydrogens is 260 g/mol. The molecule has 1 atom stereocenters. The van der Waals surface area contributed by atoms with Gasteiger partial charge in [0.05, 0.1) is 12.3 Å². The minimum absolute atomic E-state index is 0.664. The molecule has 3 heteroatoms. The van der Waals surface area contributed by atoms with E-state index in [-0.39, 0.29) is 0 Å². The van der Waals surface area contributed by atoms with Crippen LogP contribution >= 0.6 is 0 Å². The van der Waals surface area contributed by atoms with Crippen molar-refractivity contribution in [1.82, 2.24) is 4.90 Å². The molecule has 0 saturated carbocycles. The Kier molecular flexibility index (Phi) is 6.37. The first kappa shape index (κ1) is 16.2. The largest absolute Gasteiger partial charge is 0.492 e. The van der Waals surface area contributed by atoms with Crippen molar-refractivity contribution in [3.05, 3.63) is 23.8 Å². The van der Waals surface area contributed by atoms with Crippen molar-refractivity contribution < 1.29 is 4.74 Å². The maximum absolute atomic E-state index is 6.03. The first-order chi connectivity index (χ1) is 10.2. The zero-order valence-electron chi connectivity index (χ0n) is 13.6. The molecule has 0 aliphatic carbocycles. The van der Waals surface area contributed by atoms with Crippen LogP contribution in [0.5, 0.6) is 5.75 Å². The van der Waals surface area contributed by atoms with Crippen LogP contribution in [0, 0.1) is 0 Å². The molecule has 1 aromatic rings. The van der Waals surface area contributed by atoms with Crippen LogP contribution in [0.15, 0.2) is 18.2 Å². The summed E-state index contributed by atoms with van der Waals surface area (Å²) in [5.74, 6) is 0.809. The molecule has 1 saturated heterocycles. The highest BCUT2D eigenvalue weighted by molar-refractivity contribution is 5.54. The van der Waals surface area contributed by atoms with Crippen molar-refractivity contribution in [2.75, 3.05) is 25.4 Å². The van der Waals surface area contributed by atoms with E-state index in [2.05, 4.69) is 24.0 Å². The van der Waals surface area contributed by atoms with E-state index >= 15 is 0 Å². The van der Waals surface area contributed by atoms with Crippen LogP contribution in [0.2, 0.25) is 0 Å². The first-order valence-electron chi connectivity index (χ1n) is 8.49. The molecule has 0 radical (unpaired) electrons. The molecule has 0 amide bonds. The molecule has 1 heterocycles. The highest BCUT2D eigenvalue weighted by Crippen LogP contribution is 2.24. The zero-order chi connectivity index (χ0) is 15.1. The number of hydrogen-bond donors (Lipinski definition) is 1. The fourth-order valence-electron chi connectivity index (χ4n) is 3.34. The summed E-state index contributed by atoms with van der Waals surface area (Å²) in [6, 6.07) is 7.03. The van der Waals surface area contributed by atoms with Gasteiger partial charge in [0.25, 0.3) is 0 Å². The van der Waals surface area contributed by atoms with Gasteiger partial charge in [-0.3, -0.25) is 0 Å². The SMILES string of the molecule is CCOc1ccc(CCCN2CCCCC2CC)cc1N. The van der Waals surface area contributed by atoms with Gasteiger partial charge in [0.15, 0.2) is 0 Å². The average Bonchev–Trinajstić information content (AvgIpc) is 2.50. The van der Waals surface area contributed by atoms with E-state index in [0.29, 0.717) is 6.61 Å². The van der Waals surface area contributed by atoms with Gasteiger partial charge in [0.1, 0.15) is 5.75 Å². The third-order valence-corrected chi connectivity index (χ3v) is 4.51. The molecule has 3 nitrogen and oxygen atoms in total. The van der Waals surface area contributed by atoms with E-state index in [1.54, 1.807) is 0 Å². The maximum atomic E-state index is 6.03. The normalized spacial score (nSPS) is 19.6. The fourth-order valence-corrected chi connectivity index (χ4v) is 3.34. The Bertz CT molecular complexity index is 433. The highest BCUT2D eigenvalue weighted by atomic mass is 16.5. The van der Waals surface area contributed by atoms with Crippen LogP contribution in [0.3, 0.4) is 0 Å². The van der Waals surface area contributed by atoms with Crippen LogP contribution in [-0.2, 0) is 6.42 Å². The molecule has 2 rings (SSSR count). The fraction of sp³-hybridized carbons (Fsp3) is 0.667. The van der Waals surface area contributed by atoms with Gasteiger partial charge in [-0.05, 0) is 69.8 Å². The molecule has 1 aliphatic rings. The van der Waals surface area contributed by atoms with Gasteiger partial charge in [0, 0.05) is 6.04 Å². The van der Waals surface area contributed by atoms with E-state index in [9.17, 15) is 0 Å². The number of nitrogen functional groups attached to an aromatic ring is 1. The van der Waals surface area contributed by atoms with Crippen LogP contribution in [0.1, 0.15) is 51.5 Å². The summed E-state index contributed by atoms with van der Waals surface area (Å²) in [5.41, 5.74) is 8.11. The Labute approximate surface area is 129 Å². The lowest BCUT2D eigenvalue weighted by Crippen LogP contribution is -2.39. The van der Waals surface area contributed by atoms with Crippen LogP contribution < -0.4 is 10.5 Å². The molecule has 0 spiro atoms. The third kappa shape index (κ3) is 4.63. The summed E-state index contributed by atoms with van der Waals surface area (Å²) in [6.07, 6.45) is 7.76. The standard InChI is InChI=1S/C18H30N2O/c1-3-16-9-5-6-12-20(16)13-7-8-15-10-11-18(21-4-2)17(19)14-15/h10-11,14,16H,3-9,12-13,19H2,1-2H3. The predicted molar refractivity (Wildman–Crippen MR) is 89.8 cm³/mol. The van der Waals surface area contributed by atoms with Gasteiger partial charge in [-0.1, -0.05) is 19.4 Å². The van der Waals surface area contributed by atoms with E-state index in [1.165, 1.54) is 50.8 Å². The smallest absolute Gasteiger partial charge is 0.142 e. The number of likely N-dealkylation sites (tertiary alicyclic amines) is 1. The van der Waals surface area contributed by atoms with E-state index < -0.39 is 0 Å². The Morgan fingerprint density at radius 2 is 2.14 bits per heavy atom. The lowest BCUT2D eigenvalue weighted by Gasteiger charge is -2.35. The average molecular weight is 290 g/mol. The zero-order valence-corrected chi connectivity index (χ0v) is 13.6. The van der Waals surface area contributed by atoms with Gasteiger partial charge in [-0.15, -0.1) is 0 Å². The monoisotopic (exact) mass is 290 g/mol. The number of rotatable bonds is 7. The Morgan fingerprint density at radius 1 is 1.29 bits per heavy atom. The Hall–Kier alpha value is -1.22. The van der Waals surface area contributed by atoms with Gasteiger partial charge in [0.2, 0.25) is 0 Å². The van der Waals surface area contributed by atoms with Gasteiger partial charge in [-0.25, -0.2) is 0 Å². The summed E-state index contributed by atoms with van der Waals surface area (Å²) in [6.45, 7) is 7.46. The van der Waals surface area contributed by atoms with Gasteiger partial charge >= 0.3 is 0 Å². The minimum atomic E-state index is 0.664. The molecule has 0 aromatic heterocycles. The van der Waals surface area contributed by atoms with E-state index in [4.69, 9.17) is 10.5 Å². The van der Waals surface area contributed by atoms with Crippen molar-refractivity contribution in [1.29, 1.82) is 0 Å². The van der Waals surface area contributed by atoms with Crippen LogP contribution in [-0.4, -0.2) is 30.6 Å². The molecule has 1 aliphatic heterocycles. The van der Waals surface area contributed by atoms with E-state index in [1.807, 2.05) is 13.0 Å². The first-order valence-corrected chi connectivity index (χ1v) is 8.49. The highest BCUT2D eigenvalue weighted by Gasteiger charge is 2.19. The van der Waals surface area contributed by atoms with Crippen molar-refractivity contribution in [3.63, 3.8) is 0 Å². The number of anilines is 1. The van der Waals surface area contributed by atoms with E-state index in [0.717, 1.165) is 23.9 Å². The number of piperidine rings is 1. The number of nitrogens with zero attached hydrogens (tertiary/aromatic N) is 1. The van der Waals surface area contributed by atoms with Crippen LogP contribution in [0.4, 0.5) is 5.69 Å². The number of benzene rings is 1. The Balaban J connectivity index is 1.81. The summed E-state index contributed by atoms with van der Waals surface area (Å²) < 4.78 is 5.49. The number of aryl methyl sites for hydroxylation is 1. The summed E-state index contributed by atoms with van der Waals surface area (Å²) in [5, 5.41) is 0. The van der Waals surface area contributed by atoms with Crippen LogP contribution in [0.25, 0.3) is 0 Å². The van der Waals surface area contributed by atoms with Gasteiger partial charge in [-0.2, -0.15) is 0 Å². The van der Waals surface area contributed by atoms with Gasteiger partial charge < -0.3 is 15.4 Å². The summed E-state index contributed by atoms with van der Waals surface area (Å²) in [4.78, 5) is 2.68. The van der Waals surface area contributed by atoms with Crippen molar-refractivity contribution >= 4 is 5.69 Å². The lowest BCUT2D eigenvalue weighted by molar-refractivity contribution is 0.142. The second kappa shape index (κ2) is 8.28. The number of ether oxygens (including phenoxy) is 1. The Morgan fingerprint density at radius 3 is 2.86 bits per heavy atom. The molecule has 1 aromatic carbocycles.